The highest BCUT2D eigenvalue weighted by Crippen LogP contribution is 2.23. The van der Waals surface area contributed by atoms with Gasteiger partial charge in [0.2, 0.25) is 5.91 Å². The lowest BCUT2D eigenvalue weighted by atomic mass is 9.88. The van der Waals surface area contributed by atoms with Crippen molar-refractivity contribution in [2.45, 2.75) is 20.3 Å². The van der Waals surface area contributed by atoms with Gasteiger partial charge in [0.25, 0.3) is 0 Å². The third-order valence-electron chi connectivity index (χ3n) is 2.73. The van der Waals surface area contributed by atoms with Gasteiger partial charge in [-0.3, -0.25) is 4.79 Å². The molecular weight excluding hydrogens is 166 g/mol. The summed E-state index contributed by atoms with van der Waals surface area (Å²) in [5, 5.41) is 0. The summed E-state index contributed by atoms with van der Waals surface area (Å²) in [4.78, 5) is 13.3. The Morgan fingerprint density at radius 3 is 2.62 bits per heavy atom. The number of hydrogen-bond acceptors (Lipinski definition) is 2. The van der Waals surface area contributed by atoms with E-state index in [0.717, 1.165) is 13.1 Å². The molecule has 13 heavy (non-hydrogen) atoms. The number of hydrogen-bond donors (Lipinski definition) is 0. The second kappa shape index (κ2) is 4.61. The number of likely N-dealkylation sites (tertiary alicyclic amines) is 1. The predicted molar refractivity (Wildman–Crippen MR) is 51.4 cm³/mol. The summed E-state index contributed by atoms with van der Waals surface area (Å²) in [6.07, 6.45) is 0.529. The van der Waals surface area contributed by atoms with Crippen LogP contribution in [0, 0.1) is 11.8 Å². The molecule has 3 nitrogen and oxygen atoms in total. The topological polar surface area (TPSA) is 29.5 Å². The lowest BCUT2D eigenvalue weighted by Gasteiger charge is -2.41. The Kier molecular flexibility index (Phi) is 3.72. The van der Waals surface area contributed by atoms with E-state index in [2.05, 4.69) is 13.8 Å². The summed E-state index contributed by atoms with van der Waals surface area (Å²) in [6.45, 7) is 6.85. The molecule has 3 heteroatoms. The van der Waals surface area contributed by atoms with Gasteiger partial charge in [-0.2, -0.15) is 0 Å². The van der Waals surface area contributed by atoms with E-state index in [9.17, 15) is 4.79 Å². The molecule has 0 aromatic carbocycles. The Morgan fingerprint density at radius 1 is 1.54 bits per heavy atom. The Labute approximate surface area is 80.1 Å². The zero-order chi connectivity index (χ0) is 9.84. The molecule has 1 aliphatic heterocycles. The van der Waals surface area contributed by atoms with E-state index in [1.165, 1.54) is 0 Å². The van der Waals surface area contributed by atoms with Gasteiger partial charge in [-0.15, -0.1) is 0 Å². The summed E-state index contributed by atoms with van der Waals surface area (Å²) < 4.78 is 4.86. The molecule has 0 radical (unpaired) electrons. The van der Waals surface area contributed by atoms with Crippen LogP contribution in [0.25, 0.3) is 0 Å². The molecule has 0 spiro atoms. The molecule has 0 aromatic rings. The lowest BCUT2D eigenvalue weighted by molar-refractivity contribution is -0.139. The minimum absolute atomic E-state index is 0.235. The van der Waals surface area contributed by atoms with Crippen LogP contribution in [-0.2, 0) is 9.53 Å². The summed E-state index contributed by atoms with van der Waals surface area (Å²) >= 11 is 0. The van der Waals surface area contributed by atoms with Gasteiger partial charge in [0, 0.05) is 20.2 Å². The summed E-state index contributed by atoms with van der Waals surface area (Å²) in [5.41, 5.74) is 0. The largest absolute Gasteiger partial charge is 0.384 e. The summed E-state index contributed by atoms with van der Waals surface area (Å²) in [5.74, 6) is 1.65. The van der Waals surface area contributed by atoms with Crippen LogP contribution in [0.15, 0.2) is 0 Å². The van der Waals surface area contributed by atoms with Crippen molar-refractivity contribution in [2.24, 2.45) is 11.8 Å². The standard InChI is InChI=1S/C10H19NO2/c1-8(2)9-6-11(7-9)10(12)4-5-13-3/h8-9H,4-7H2,1-3H3. The molecule has 0 aromatic heterocycles. The van der Waals surface area contributed by atoms with E-state index in [4.69, 9.17) is 4.74 Å². The fourth-order valence-corrected chi connectivity index (χ4v) is 1.49. The summed E-state index contributed by atoms with van der Waals surface area (Å²) in [6, 6.07) is 0. The highest BCUT2D eigenvalue weighted by Gasteiger charge is 2.31. The number of rotatable bonds is 4. The molecule has 0 unspecified atom stereocenters. The first-order chi connectivity index (χ1) is 6.15. The van der Waals surface area contributed by atoms with Crippen molar-refractivity contribution in [1.82, 2.24) is 4.90 Å². The maximum absolute atomic E-state index is 11.4. The van der Waals surface area contributed by atoms with Crippen LogP contribution < -0.4 is 0 Å². The molecule has 1 heterocycles. The molecule has 76 valence electrons. The quantitative estimate of drug-likeness (QED) is 0.657. The van der Waals surface area contributed by atoms with Crippen LogP contribution >= 0.6 is 0 Å². The predicted octanol–water partition coefficient (Wildman–Crippen LogP) is 1.14. The zero-order valence-electron chi connectivity index (χ0n) is 8.75. The molecular formula is C10H19NO2. The van der Waals surface area contributed by atoms with Crippen LogP contribution in [-0.4, -0.2) is 37.6 Å². The van der Waals surface area contributed by atoms with Crippen molar-refractivity contribution in [2.75, 3.05) is 26.8 Å². The third-order valence-corrected chi connectivity index (χ3v) is 2.73. The number of ether oxygens (including phenoxy) is 1. The minimum Gasteiger partial charge on any atom is -0.384 e. The maximum Gasteiger partial charge on any atom is 0.224 e. The van der Waals surface area contributed by atoms with Gasteiger partial charge in [-0.25, -0.2) is 0 Å². The number of nitrogens with zero attached hydrogens (tertiary/aromatic N) is 1. The van der Waals surface area contributed by atoms with Gasteiger partial charge in [-0.1, -0.05) is 13.8 Å². The fraction of sp³-hybridized carbons (Fsp3) is 0.900. The van der Waals surface area contributed by atoms with E-state index >= 15 is 0 Å². The highest BCUT2D eigenvalue weighted by atomic mass is 16.5. The smallest absolute Gasteiger partial charge is 0.224 e. The van der Waals surface area contributed by atoms with Gasteiger partial charge in [0.15, 0.2) is 0 Å². The van der Waals surface area contributed by atoms with Gasteiger partial charge in [-0.05, 0) is 11.8 Å². The van der Waals surface area contributed by atoms with Crippen molar-refractivity contribution in [3.8, 4) is 0 Å². The van der Waals surface area contributed by atoms with Gasteiger partial charge >= 0.3 is 0 Å². The van der Waals surface area contributed by atoms with Crippen LogP contribution in [0.2, 0.25) is 0 Å². The van der Waals surface area contributed by atoms with E-state index in [1.54, 1.807) is 7.11 Å². The number of methoxy groups -OCH3 is 1. The lowest BCUT2D eigenvalue weighted by Crippen LogP contribution is -2.52. The van der Waals surface area contributed by atoms with Crippen LogP contribution in [0.5, 0.6) is 0 Å². The fourth-order valence-electron chi connectivity index (χ4n) is 1.49. The van der Waals surface area contributed by atoms with Crippen molar-refractivity contribution < 1.29 is 9.53 Å². The molecule has 0 aliphatic carbocycles. The number of carbonyl (C=O) groups is 1. The number of amides is 1. The molecule has 1 fully saturated rings. The molecule has 0 N–H and O–H groups in total. The molecule has 1 amide bonds. The first kappa shape index (κ1) is 10.5. The normalized spacial score (nSPS) is 17.7. The molecule has 1 rings (SSSR count). The van der Waals surface area contributed by atoms with Crippen LogP contribution in [0.1, 0.15) is 20.3 Å². The first-order valence-corrected chi connectivity index (χ1v) is 4.92. The molecule has 0 atom stereocenters. The second-order valence-corrected chi connectivity index (χ2v) is 4.05. The van der Waals surface area contributed by atoms with E-state index < -0.39 is 0 Å². The van der Waals surface area contributed by atoms with Crippen molar-refractivity contribution in [1.29, 1.82) is 0 Å². The van der Waals surface area contributed by atoms with Crippen molar-refractivity contribution in [3.63, 3.8) is 0 Å². The maximum atomic E-state index is 11.4. The van der Waals surface area contributed by atoms with E-state index in [1.807, 2.05) is 4.90 Å². The summed E-state index contributed by atoms with van der Waals surface area (Å²) in [7, 11) is 1.63. The van der Waals surface area contributed by atoms with Crippen LogP contribution in [0.4, 0.5) is 0 Å². The SMILES string of the molecule is COCCC(=O)N1CC(C(C)C)C1. The van der Waals surface area contributed by atoms with E-state index in [0.29, 0.717) is 24.9 Å². The Bertz CT molecular complexity index is 174. The highest BCUT2D eigenvalue weighted by molar-refractivity contribution is 5.77. The van der Waals surface area contributed by atoms with Crippen molar-refractivity contribution >= 4 is 5.91 Å². The third kappa shape index (κ3) is 2.69. The average Bonchev–Trinajstić information content (AvgIpc) is 1.97. The van der Waals surface area contributed by atoms with Gasteiger partial charge in [0.05, 0.1) is 13.0 Å². The second-order valence-electron chi connectivity index (χ2n) is 4.05. The number of carbonyl (C=O) groups excluding carboxylic acids is 1. The molecule has 1 saturated heterocycles. The van der Waals surface area contributed by atoms with Crippen molar-refractivity contribution in [3.05, 3.63) is 0 Å². The average molecular weight is 185 g/mol. The minimum atomic E-state index is 0.235. The Morgan fingerprint density at radius 2 is 2.15 bits per heavy atom. The molecule has 0 saturated carbocycles. The Balaban J connectivity index is 2.15. The van der Waals surface area contributed by atoms with Gasteiger partial charge in [0.1, 0.15) is 0 Å². The molecule has 1 aliphatic rings. The first-order valence-electron chi connectivity index (χ1n) is 4.92. The van der Waals surface area contributed by atoms with E-state index in [-0.39, 0.29) is 5.91 Å². The Hall–Kier alpha value is -0.570. The zero-order valence-corrected chi connectivity index (χ0v) is 8.75. The molecule has 0 bridgehead atoms. The van der Waals surface area contributed by atoms with Crippen LogP contribution in [0.3, 0.4) is 0 Å². The van der Waals surface area contributed by atoms with Gasteiger partial charge < -0.3 is 9.64 Å². The monoisotopic (exact) mass is 185 g/mol.